The van der Waals surface area contributed by atoms with Gasteiger partial charge in [0, 0.05) is 13.1 Å². The van der Waals surface area contributed by atoms with E-state index in [9.17, 15) is 14.3 Å². The van der Waals surface area contributed by atoms with Gasteiger partial charge in [0.1, 0.15) is 5.60 Å². The van der Waals surface area contributed by atoms with E-state index in [-0.39, 0.29) is 12.1 Å². The fourth-order valence-electron chi connectivity index (χ4n) is 1.90. The van der Waals surface area contributed by atoms with Crippen LogP contribution in [0.15, 0.2) is 18.2 Å². The van der Waals surface area contributed by atoms with Crippen LogP contribution >= 0.6 is 0 Å². The van der Waals surface area contributed by atoms with Gasteiger partial charge in [0.05, 0.1) is 11.7 Å². The van der Waals surface area contributed by atoms with Crippen LogP contribution in [0.4, 0.5) is 14.9 Å². The molecule has 0 spiro atoms. The van der Waals surface area contributed by atoms with Gasteiger partial charge < -0.3 is 20.1 Å². The summed E-state index contributed by atoms with van der Waals surface area (Å²) in [5.74, 6) is -1.07. The van der Waals surface area contributed by atoms with Crippen LogP contribution in [-0.4, -0.2) is 40.8 Å². The second kappa shape index (κ2) is 5.19. The summed E-state index contributed by atoms with van der Waals surface area (Å²) in [6.45, 7) is 6.36. The van der Waals surface area contributed by atoms with Crippen molar-refractivity contribution in [2.45, 2.75) is 32.4 Å². The molecule has 0 radical (unpaired) electrons. The van der Waals surface area contributed by atoms with Crippen molar-refractivity contribution in [3.63, 3.8) is 0 Å². The molecule has 0 bridgehead atoms. The third-order valence-electron chi connectivity index (χ3n) is 2.88. The first-order valence-electron chi connectivity index (χ1n) is 6.48. The number of hydrogen-bond acceptors (Lipinski definition) is 4. The molecule has 1 aromatic rings. The number of likely N-dealkylation sites (tertiary alicyclic amines) is 1. The van der Waals surface area contributed by atoms with Gasteiger partial charge in [-0.2, -0.15) is 0 Å². The summed E-state index contributed by atoms with van der Waals surface area (Å²) < 4.78 is 18.4. The largest absolute Gasteiger partial charge is 0.503 e. The number of para-hydroxylation sites is 1. The van der Waals surface area contributed by atoms with Gasteiger partial charge in [-0.3, -0.25) is 0 Å². The zero-order chi connectivity index (χ0) is 14.9. The fourth-order valence-corrected chi connectivity index (χ4v) is 1.90. The molecule has 1 saturated heterocycles. The van der Waals surface area contributed by atoms with Gasteiger partial charge in [-0.25, -0.2) is 9.18 Å². The quantitative estimate of drug-likeness (QED) is 0.818. The molecule has 1 aliphatic heterocycles. The Morgan fingerprint density at radius 1 is 1.45 bits per heavy atom. The third kappa shape index (κ3) is 3.31. The molecule has 0 atom stereocenters. The standard InChI is InChI=1S/C14H19FN2O3/c1-14(2,3)20-13(19)17-7-9(8-17)16-11-6-4-5-10(15)12(11)18/h4-6,9,16,18H,7-8H2,1-3H3. The Morgan fingerprint density at radius 2 is 2.10 bits per heavy atom. The van der Waals surface area contributed by atoms with Gasteiger partial charge in [-0.15, -0.1) is 0 Å². The summed E-state index contributed by atoms with van der Waals surface area (Å²) in [5, 5.41) is 12.5. The number of aromatic hydroxyl groups is 1. The number of carbonyl (C=O) groups is 1. The Hall–Kier alpha value is -1.98. The minimum atomic E-state index is -0.668. The maximum Gasteiger partial charge on any atom is 0.410 e. The Balaban J connectivity index is 1.85. The average Bonchev–Trinajstić information content (AvgIpc) is 2.25. The summed E-state index contributed by atoms with van der Waals surface area (Å²) in [5.41, 5.74) is -0.185. The Morgan fingerprint density at radius 3 is 2.70 bits per heavy atom. The molecule has 110 valence electrons. The molecule has 0 aliphatic carbocycles. The zero-order valence-electron chi connectivity index (χ0n) is 11.8. The van der Waals surface area contributed by atoms with Crippen molar-refractivity contribution >= 4 is 11.8 Å². The van der Waals surface area contributed by atoms with Crippen molar-refractivity contribution in [2.75, 3.05) is 18.4 Å². The number of amides is 1. The lowest BCUT2D eigenvalue weighted by Gasteiger charge is -2.40. The van der Waals surface area contributed by atoms with Gasteiger partial charge in [-0.1, -0.05) is 6.07 Å². The molecule has 20 heavy (non-hydrogen) atoms. The molecule has 0 unspecified atom stereocenters. The zero-order valence-corrected chi connectivity index (χ0v) is 11.8. The Labute approximate surface area is 117 Å². The van der Waals surface area contributed by atoms with Gasteiger partial charge in [0.15, 0.2) is 11.6 Å². The minimum absolute atomic E-state index is 0.0183. The van der Waals surface area contributed by atoms with Gasteiger partial charge in [-0.05, 0) is 32.9 Å². The molecule has 2 N–H and O–H groups in total. The second-order valence-corrected chi connectivity index (χ2v) is 5.86. The lowest BCUT2D eigenvalue weighted by atomic mass is 10.1. The van der Waals surface area contributed by atoms with Gasteiger partial charge in [0.25, 0.3) is 0 Å². The molecular weight excluding hydrogens is 263 g/mol. The smallest absolute Gasteiger partial charge is 0.410 e. The van der Waals surface area contributed by atoms with E-state index in [0.717, 1.165) is 0 Å². The number of rotatable bonds is 2. The number of halogens is 1. The highest BCUT2D eigenvalue weighted by Gasteiger charge is 2.34. The maximum atomic E-state index is 13.2. The first kappa shape index (κ1) is 14.4. The average molecular weight is 282 g/mol. The first-order chi connectivity index (χ1) is 9.26. The molecule has 0 saturated carbocycles. The molecule has 1 amide bonds. The second-order valence-electron chi connectivity index (χ2n) is 5.86. The maximum absolute atomic E-state index is 13.2. The number of ether oxygens (including phenoxy) is 1. The normalized spacial score (nSPS) is 15.7. The summed E-state index contributed by atoms with van der Waals surface area (Å²) in [6.07, 6.45) is -0.362. The minimum Gasteiger partial charge on any atom is -0.503 e. The number of benzene rings is 1. The molecule has 2 rings (SSSR count). The van der Waals surface area contributed by atoms with E-state index in [1.807, 2.05) is 20.8 Å². The van der Waals surface area contributed by atoms with Crippen LogP contribution in [0, 0.1) is 5.82 Å². The SMILES string of the molecule is CC(C)(C)OC(=O)N1CC(Nc2cccc(F)c2O)C1. The summed E-state index contributed by atoms with van der Waals surface area (Å²) in [6, 6.07) is 4.28. The Bertz CT molecular complexity index is 508. The van der Waals surface area contributed by atoms with Crippen molar-refractivity contribution in [1.29, 1.82) is 0 Å². The number of carbonyl (C=O) groups excluding carboxylic acids is 1. The number of nitrogens with one attached hydrogen (secondary N) is 1. The van der Waals surface area contributed by atoms with Crippen molar-refractivity contribution in [2.24, 2.45) is 0 Å². The number of nitrogens with zero attached hydrogens (tertiary/aromatic N) is 1. The monoisotopic (exact) mass is 282 g/mol. The van der Waals surface area contributed by atoms with Crippen LogP contribution in [0.2, 0.25) is 0 Å². The van der Waals surface area contributed by atoms with E-state index >= 15 is 0 Å². The van der Waals surface area contributed by atoms with Crippen LogP contribution in [0.5, 0.6) is 5.75 Å². The molecule has 1 fully saturated rings. The lowest BCUT2D eigenvalue weighted by molar-refractivity contribution is 0.0105. The third-order valence-corrected chi connectivity index (χ3v) is 2.88. The number of phenolic OH excluding ortho intramolecular Hbond substituents is 1. The molecule has 1 heterocycles. The van der Waals surface area contributed by atoms with Crippen LogP contribution in [0.1, 0.15) is 20.8 Å². The Kier molecular flexibility index (Phi) is 3.74. The van der Waals surface area contributed by atoms with E-state index in [4.69, 9.17) is 4.74 Å². The highest BCUT2D eigenvalue weighted by Crippen LogP contribution is 2.28. The highest BCUT2D eigenvalue weighted by atomic mass is 19.1. The van der Waals surface area contributed by atoms with Crippen LogP contribution in [0.25, 0.3) is 0 Å². The molecular formula is C14H19FN2O3. The number of anilines is 1. The summed E-state index contributed by atoms with van der Waals surface area (Å²) in [4.78, 5) is 13.3. The van der Waals surface area contributed by atoms with Crippen molar-refractivity contribution in [3.05, 3.63) is 24.0 Å². The molecule has 5 nitrogen and oxygen atoms in total. The van der Waals surface area contributed by atoms with E-state index in [0.29, 0.717) is 18.8 Å². The molecule has 0 aromatic heterocycles. The van der Waals surface area contributed by atoms with E-state index < -0.39 is 17.2 Å². The van der Waals surface area contributed by atoms with Gasteiger partial charge >= 0.3 is 6.09 Å². The number of phenols is 1. The predicted octanol–water partition coefficient (Wildman–Crippen LogP) is 2.56. The topological polar surface area (TPSA) is 61.8 Å². The van der Waals surface area contributed by atoms with Crippen molar-refractivity contribution < 1.29 is 19.0 Å². The molecule has 6 heteroatoms. The molecule has 1 aromatic carbocycles. The van der Waals surface area contributed by atoms with Crippen molar-refractivity contribution in [3.8, 4) is 5.75 Å². The number of hydrogen-bond donors (Lipinski definition) is 2. The van der Waals surface area contributed by atoms with Crippen LogP contribution in [-0.2, 0) is 4.74 Å². The molecule has 1 aliphatic rings. The summed E-state index contributed by atoms with van der Waals surface area (Å²) >= 11 is 0. The lowest BCUT2D eigenvalue weighted by Crippen LogP contribution is -2.57. The fraction of sp³-hybridized carbons (Fsp3) is 0.500. The summed E-state index contributed by atoms with van der Waals surface area (Å²) in [7, 11) is 0. The highest BCUT2D eigenvalue weighted by molar-refractivity contribution is 5.70. The van der Waals surface area contributed by atoms with Crippen molar-refractivity contribution in [1.82, 2.24) is 4.90 Å². The van der Waals surface area contributed by atoms with E-state index in [1.165, 1.54) is 12.1 Å². The predicted molar refractivity (Wildman–Crippen MR) is 73.3 cm³/mol. The van der Waals surface area contributed by atoms with Crippen LogP contribution < -0.4 is 5.32 Å². The van der Waals surface area contributed by atoms with E-state index in [1.54, 1.807) is 11.0 Å². The van der Waals surface area contributed by atoms with E-state index in [2.05, 4.69) is 5.32 Å². The van der Waals surface area contributed by atoms with Gasteiger partial charge in [0.2, 0.25) is 0 Å². The van der Waals surface area contributed by atoms with Crippen LogP contribution in [0.3, 0.4) is 0 Å². The first-order valence-corrected chi connectivity index (χ1v) is 6.48.